The van der Waals surface area contributed by atoms with Crippen LogP contribution in [0.4, 0.5) is 0 Å². The van der Waals surface area contributed by atoms with Crippen LogP contribution in [-0.2, 0) is 38.6 Å². The Labute approximate surface area is 272 Å². The predicted octanol–water partition coefficient (Wildman–Crippen LogP) is -0.744. The molecule has 0 radical (unpaired) electrons. The highest BCUT2D eigenvalue weighted by atomic mass is 31.2. The van der Waals surface area contributed by atoms with E-state index in [1.165, 1.54) is 32.4 Å². The Morgan fingerprint density at radius 1 is 0.938 bits per heavy atom. The van der Waals surface area contributed by atoms with Gasteiger partial charge in [0, 0.05) is 0 Å². The topological polar surface area (TPSA) is 259 Å². The molecule has 4 heterocycles. The average molecular weight is 699 g/mol. The number of carbonyl (C=O) groups is 1. The van der Waals surface area contributed by atoms with Crippen LogP contribution in [0.5, 0.6) is 28.7 Å². The third kappa shape index (κ3) is 4.94. The van der Waals surface area contributed by atoms with Crippen LogP contribution in [0.3, 0.4) is 0 Å². The SMILES string of the molecule is COc1cc(C2(N)c3cc4c(cc3C(OC3OC5COC(C)OC5C(O)C3O)C3COC(=O)C32N)OCO4)cc(OC)c1OP(=O)(O)O. The van der Waals surface area contributed by atoms with E-state index in [0.717, 1.165) is 0 Å². The van der Waals surface area contributed by atoms with Gasteiger partial charge < -0.3 is 68.8 Å². The number of hydrogen-bond acceptors (Lipinski definition) is 16. The Balaban J connectivity index is 1.39. The Bertz CT molecular complexity index is 1640. The molecule has 1 aliphatic carbocycles. The number of phosphoric ester groups is 1. The third-order valence-electron chi connectivity index (χ3n) is 9.50. The zero-order valence-corrected chi connectivity index (χ0v) is 26.7. The van der Waals surface area contributed by atoms with Crippen LogP contribution in [0.25, 0.3) is 0 Å². The van der Waals surface area contributed by atoms with Crippen molar-refractivity contribution in [2.24, 2.45) is 17.4 Å². The van der Waals surface area contributed by atoms with Crippen molar-refractivity contribution in [3.8, 4) is 28.7 Å². The van der Waals surface area contributed by atoms with Crippen LogP contribution in [-0.4, -0.2) is 103 Å². The fourth-order valence-electron chi connectivity index (χ4n) is 7.16. The number of ether oxygens (including phenoxy) is 9. The molecule has 2 aromatic rings. The lowest BCUT2D eigenvalue weighted by Gasteiger charge is -2.52. The molecule has 3 saturated heterocycles. The van der Waals surface area contributed by atoms with Crippen LogP contribution < -0.4 is 34.9 Å². The van der Waals surface area contributed by atoms with E-state index in [1.807, 2.05) is 0 Å². The lowest BCUT2D eigenvalue weighted by molar-refractivity contribution is -0.364. The van der Waals surface area contributed by atoms with Crippen molar-refractivity contribution in [3.05, 3.63) is 41.0 Å². The number of nitrogens with two attached hydrogens (primary N) is 2. The van der Waals surface area contributed by atoms with Gasteiger partial charge in [0.05, 0.1) is 45.0 Å². The standard InChI is InChI=1S/C29H35N2O16P/c1-11-40-9-20-25(44-11)21(32)22(33)26(45-20)46-23-13-6-16-17(43-10-42-16)7-14(13)28(30,29(31)15(23)8-41-27(29)34)12-4-18(38-2)24(19(5-12)39-3)47-48(35,36)37/h4-7,11,15,20-23,25-26,32-33H,8-10,30-31H2,1-3H3,(H2,35,36,37). The summed E-state index contributed by atoms with van der Waals surface area (Å²) in [5.74, 6) is -2.16. The number of aliphatic hydroxyl groups is 2. The molecule has 48 heavy (non-hydrogen) atoms. The van der Waals surface area contributed by atoms with Gasteiger partial charge in [0.1, 0.15) is 30.0 Å². The summed E-state index contributed by atoms with van der Waals surface area (Å²) < 4.78 is 68.0. The number of benzene rings is 2. The van der Waals surface area contributed by atoms with E-state index in [-0.39, 0.29) is 48.4 Å². The summed E-state index contributed by atoms with van der Waals surface area (Å²) in [4.78, 5) is 32.9. The number of cyclic esters (lactones) is 1. The minimum Gasteiger partial charge on any atom is -0.493 e. The molecule has 0 spiro atoms. The molecular formula is C29H35N2O16P. The fraction of sp³-hybridized carbons (Fsp3) is 0.552. The minimum absolute atomic E-state index is 0.0541. The second-order valence-electron chi connectivity index (χ2n) is 12.0. The first-order chi connectivity index (χ1) is 22.7. The molecule has 0 aromatic heterocycles. The van der Waals surface area contributed by atoms with Gasteiger partial charge in [0.15, 0.2) is 35.6 Å². The number of esters is 1. The summed E-state index contributed by atoms with van der Waals surface area (Å²) in [6, 6.07) is 5.77. The van der Waals surface area contributed by atoms with Gasteiger partial charge in [-0.2, -0.15) is 0 Å². The fourth-order valence-corrected chi connectivity index (χ4v) is 7.57. The second kappa shape index (κ2) is 11.7. The normalized spacial score (nSPS) is 36.8. The van der Waals surface area contributed by atoms with Gasteiger partial charge >= 0.3 is 13.8 Å². The molecule has 0 saturated carbocycles. The highest BCUT2D eigenvalue weighted by Crippen LogP contribution is 2.59. The molecule has 2 aromatic carbocycles. The summed E-state index contributed by atoms with van der Waals surface area (Å²) >= 11 is 0. The summed E-state index contributed by atoms with van der Waals surface area (Å²) in [6.07, 6.45) is -7.90. The molecule has 7 rings (SSSR count). The number of phosphoric acid groups is 1. The third-order valence-corrected chi connectivity index (χ3v) is 9.92. The largest absolute Gasteiger partial charge is 0.525 e. The Kier molecular flexibility index (Phi) is 8.08. The smallest absolute Gasteiger partial charge is 0.493 e. The monoisotopic (exact) mass is 698 g/mol. The van der Waals surface area contributed by atoms with Crippen LogP contribution in [0.2, 0.25) is 0 Å². The number of fused-ring (bicyclic) bond motifs is 4. The van der Waals surface area contributed by atoms with Crippen LogP contribution in [0.1, 0.15) is 29.7 Å². The number of aliphatic hydroxyl groups excluding tert-OH is 2. The molecule has 8 N–H and O–H groups in total. The van der Waals surface area contributed by atoms with E-state index in [1.54, 1.807) is 13.0 Å². The molecule has 10 atom stereocenters. The zero-order chi connectivity index (χ0) is 34.3. The van der Waals surface area contributed by atoms with Gasteiger partial charge in [0.25, 0.3) is 0 Å². The summed E-state index contributed by atoms with van der Waals surface area (Å²) in [7, 11) is -2.63. The number of methoxy groups -OCH3 is 2. The minimum atomic E-state index is -5.09. The van der Waals surface area contributed by atoms with Crippen molar-refractivity contribution < 1.29 is 76.5 Å². The molecule has 5 aliphatic rings. The summed E-state index contributed by atoms with van der Waals surface area (Å²) in [5, 5.41) is 22.1. The van der Waals surface area contributed by atoms with E-state index in [9.17, 15) is 29.4 Å². The van der Waals surface area contributed by atoms with Crippen LogP contribution in [0.15, 0.2) is 24.3 Å². The number of rotatable bonds is 7. The van der Waals surface area contributed by atoms with Crippen molar-refractivity contribution in [1.29, 1.82) is 0 Å². The first kappa shape index (κ1) is 33.2. The molecular weight excluding hydrogens is 663 g/mol. The molecule has 3 fully saturated rings. The maximum absolute atomic E-state index is 13.8. The van der Waals surface area contributed by atoms with Gasteiger partial charge in [-0.15, -0.1) is 0 Å². The van der Waals surface area contributed by atoms with E-state index < -0.39 is 79.6 Å². The quantitative estimate of drug-likeness (QED) is 0.154. The Morgan fingerprint density at radius 3 is 2.25 bits per heavy atom. The Morgan fingerprint density at radius 2 is 1.60 bits per heavy atom. The lowest BCUT2D eigenvalue weighted by Crippen LogP contribution is -2.73. The maximum atomic E-state index is 13.8. The van der Waals surface area contributed by atoms with Crippen molar-refractivity contribution in [2.75, 3.05) is 34.2 Å². The highest BCUT2D eigenvalue weighted by molar-refractivity contribution is 7.46. The highest BCUT2D eigenvalue weighted by Gasteiger charge is 2.69. The van der Waals surface area contributed by atoms with Gasteiger partial charge in [-0.1, -0.05) is 0 Å². The van der Waals surface area contributed by atoms with E-state index >= 15 is 0 Å². The molecule has 18 nitrogen and oxygen atoms in total. The van der Waals surface area contributed by atoms with Gasteiger partial charge in [-0.25, -0.2) is 9.36 Å². The molecule has 4 aliphatic heterocycles. The number of carbonyl (C=O) groups excluding carboxylic acids is 1. The second-order valence-corrected chi connectivity index (χ2v) is 13.2. The predicted molar refractivity (Wildman–Crippen MR) is 156 cm³/mol. The summed E-state index contributed by atoms with van der Waals surface area (Å²) in [5.41, 5.74) is 11.0. The van der Waals surface area contributed by atoms with Crippen molar-refractivity contribution in [3.63, 3.8) is 0 Å². The first-order valence-electron chi connectivity index (χ1n) is 14.9. The molecule has 10 unspecified atom stereocenters. The van der Waals surface area contributed by atoms with E-state index in [2.05, 4.69) is 0 Å². The van der Waals surface area contributed by atoms with Gasteiger partial charge in [-0.3, -0.25) is 9.79 Å². The summed E-state index contributed by atoms with van der Waals surface area (Å²) in [6.45, 7) is 1.32. The van der Waals surface area contributed by atoms with Gasteiger partial charge in [-0.05, 0) is 47.9 Å². The maximum Gasteiger partial charge on any atom is 0.525 e. The zero-order valence-electron chi connectivity index (χ0n) is 25.8. The molecule has 19 heteroatoms. The van der Waals surface area contributed by atoms with E-state index in [0.29, 0.717) is 11.3 Å². The van der Waals surface area contributed by atoms with Crippen molar-refractivity contribution in [2.45, 2.75) is 61.1 Å². The molecule has 0 amide bonds. The van der Waals surface area contributed by atoms with E-state index in [4.69, 9.17) is 58.6 Å². The Hall–Kier alpha value is -3.26. The van der Waals surface area contributed by atoms with Crippen molar-refractivity contribution >= 4 is 13.8 Å². The average Bonchev–Trinajstić information content (AvgIpc) is 3.64. The molecule has 0 bridgehead atoms. The lowest BCUT2D eigenvalue weighted by atomic mass is 9.57. The van der Waals surface area contributed by atoms with Gasteiger partial charge in [0.2, 0.25) is 12.5 Å². The number of hydrogen-bond donors (Lipinski definition) is 6. The van der Waals surface area contributed by atoms with Crippen LogP contribution in [0, 0.1) is 5.92 Å². The van der Waals surface area contributed by atoms with Crippen molar-refractivity contribution in [1.82, 2.24) is 0 Å². The molecule has 262 valence electrons. The first-order valence-corrected chi connectivity index (χ1v) is 16.4. The van der Waals surface area contributed by atoms with Crippen LogP contribution >= 0.6 is 7.82 Å².